The van der Waals surface area contributed by atoms with Crippen molar-refractivity contribution >= 4 is 5.95 Å². The van der Waals surface area contributed by atoms with Crippen LogP contribution < -0.4 is 10.1 Å². The Kier molecular flexibility index (Phi) is 4.14. The highest BCUT2D eigenvalue weighted by Crippen LogP contribution is 2.37. The van der Waals surface area contributed by atoms with Gasteiger partial charge >= 0.3 is 0 Å². The lowest BCUT2D eigenvalue weighted by Crippen LogP contribution is -2.28. The third kappa shape index (κ3) is 2.97. The molecule has 5 heteroatoms. The van der Waals surface area contributed by atoms with Crippen LogP contribution in [0.4, 0.5) is 5.95 Å². The lowest BCUT2D eigenvalue weighted by atomic mass is 9.93. The van der Waals surface area contributed by atoms with Crippen LogP contribution in [0.25, 0.3) is 0 Å². The van der Waals surface area contributed by atoms with Crippen LogP contribution in [0.3, 0.4) is 0 Å². The van der Waals surface area contributed by atoms with Crippen molar-refractivity contribution in [2.75, 3.05) is 12.4 Å². The number of aryl methyl sites for hydroxylation is 1. The Morgan fingerprint density at radius 2 is 1.80 bits per heavy atom. The molecule has 3 aromatic rings. The highest BCUT2D eigenvalue weighted by molar-refractivity contribution is 5.40. The summed E-state index contributed by atoms with van der Waals surface area (Å²) in [5, 5.41) is 7.94. The highest BCUT2D eigenvalue weighted by Gasteiger charge is 2.29. The molecule has 4 rings (SSSR count). The summed E-state index contributed by atoms with van der Waals surface area (Å²) >= 11 is 0. The van der Waals surface area contributed by atoms with Crippen molar-refractivity contribution in [1.29, 1.82) is 0 Å². The Morgan fingerprint density at radius 3 is 2.48 bits per heavy atom. The first-order valence-electron chi connectivity index (χ1n) is 8.67. The summed E-state index contributed by atoms with van der Waals surface area (Å²) in [6, 6.07) is 17.4. The summed E-state index contributed by atoms with van der Waals surface area (Å²) in [5.41, 5.74) is 3.84. The number of anilines is 1. The number of hydrogen-bond donors (Lipinski definition) is 1. The standard InChI is InChI=1S/C20H22N4O/c1-3-14-4-6-16(7-5-14)19-12-18(23-20-21-13-22-24(19)20)15-8-10-17(25-2)11-9-15/h4-11,13,18-19H,3,12H2,1-2H3,(H,21,22,23)/t18-,19-/m0/s1. The van der Waals surface area contributed by atoms with E-state index in [1.165, 1.54) is 16.7 Å². The van der Waals surface area contributed by atoms with E-state index < -0.39 is 0 Å². The van der Waals surface area contributed by atoms with E-state index in [4.69, 9.17) is 4.74 Å². The van der Waals surface area contributed by atoms with Gasteiger partial charge in [-0.25, -0.2) is 4.68 Å². The molecule has 5 nitrogen and oxygen atoms in total. The number of methoxy groups -OCH3 is 1. The van der Waals surface area contributed by atoms with Crippen molar-refractivity contribution in [1.82, 2.24) is 14.8 Å². The summed E-state index contributed by atoms with van der Waals surface area (Å²) in [4.78, 5) is 4.39. The summed E-state index contributed by atoms with van der Waals surface area (Å²) in [7, 11) is 1.69. The van der Waals surface area contributed by atoms with Gasteiger partial charge in [-0.1, -0.05) is 43.3 Å². The molecular formula is C20H22N4O. The Balaban J connectivity index is 1.66. The molecule has 0 fully saturated rings. The molecule has 1 aliphatic rings. The zero-order valence-electron chi connectivity index (χ0n) is 14.5. The molecule has 0 aliphatic carbocycles. The van der Waals surface area contributed by atoms with E-state index in [1.54, 1.807) is 13.4 Å². The van der Waals surface area contributed by atoms with Crippen LogP contribution in [0.15, 0.2) is 54.9 Å². The number of nitrogens with one attached hydrogen (secondary N) is 1. The first kappa shape index (κ1) is 15.7. The molecule has 2 heterocycles. The van der Waals surface area contributed by atoms with Gasteiger partial charge in [-0.15, -0.1) is 0 Å². The van der Waals surface area contributed by atoms with Crippen molar-refractivity contribution < 1.29 is 4.74 Å². The van der Waals surface area contributed by atoms with Crippen molar-refractivity contribution in [2.24, 2.45) is 0 Å². The number of fused-ring (bicyclic) bond motifs is 1. The van der Waals surface area contributed by atoms with Gasteiger partial charge in [-0.3, -0.25) is 0 Å². The first-order chi connectivity index (χ1) is 12.3. The van der Waals surface area contributed by atoms with Gasteiger partial charge in [0.1, 0.15) is 12.1 Å². The largest absolute Gasteiger partial charge is 0.497 e. The van der Waals surface area contributed by atoms with Gasteiger partial charge in [0, 0.05) is 0 Å². The third-order valence-corrected chi connectivity index (χ3v) is 4.92. The van der Waals surface area contributed by atoms with E-state index >= 15 is 0 Å². The number of rotatable bonds is 4. The van der Waals surface area contributed by atoms with Gasteiger partial charge in [0.25, 0.3) is 0 Å². The summed E-state index contributed by atoms with van der Waals surface area (Å²) in [6.45, 7) is 2.18. The summed E-state index contributed by atoms with van der Waals surface area (Å²) < 4.78 is 7.25. The summed E-state index contributed by atoms with van der Waals surface area (Å²) in [5.74, 6) is 1.69. The smallest absolute Gasteiger partial charge is 0.222 e. The van der Waals surface area contributed by atoms with Crippen LogP contribution in [0, 0.1) is 0 Å². The quantitative estimate of drug-likeness (QED) is 0.784. The maximum Gasteiger partial charge on any atom is 0.222 e. The zero-order chi connectivity index (χ0) is 17.2. The lowest BCUT2D eigenvalue weighted by Gasteiger charge is -2.32. The fraction of sp³-hybridized carbons (Fsp3) is 0.300. The maximum atomic E-state index is 5.27. The van der Waals surface area contributed by atoms with Crippen LogP contribution in [-0.2, 0) is 6.42 Å². The molecule has 0 amide bonds. The van der Waals surface area contributed by atoms with Gasteiger partial charge in [0.2, 0.25) is 5.95 Å². The van der Waals surface area contributed by atoms with Gasteiger partial charge in [-0.2, -0.15) is 10.1 Å². The molecule has 128 valence electrons. The summed E-state index contributed by atoms with van der Waals surface area (Å²) in [6.07, 6.45) is 3.59. The van der Waals surface area contributed by atoms with E-state index in [9.17, 15) is 0 Å². The average molecular weight is 334 g/mol. The zero-order valence-corrected chi connectivity index (χ0v) is 14.5. The number of nitrogens with zero attached hydrogens (tertiary/aromatic N) is 3. The fourth-order valence-electron chi connectivity index (χ4n) is 3.43. The predicted molar refractivity (Wildman–Crippen MR) is 98.0 cm³/mol. The third-order valence-electron chi connectivity index (χ3n) is 4.92. The van der Waals surface area contributed by atoms with Crippen LogP contribution in [-0.4, -0.2) is 21.9 Å². The maximum absolute atomic E-state index is 5.27. The van der Waals surface area contributed by atoms with Crippen molar-refractivity contribution in [3.05, 3.63) is 71.5 Å². The molecular weight excluding hydrogens is 312 g/mol. The number of ether oxygens (including phenoxy) is 1. The molecule has 2 aromatic carbocycles. The van der Waals surface area contributed by atoms with Crippen molar-refractivity contribution in [3.8, 4) is 5.75 Å². The second-order valence-corrected chi connectivity index (χ2v) is 6.34. The number of hydrogen-bond acceptors (Lipinski definition) is 4. The van der Waals surface area contributed by atoms with Gasteiger partial charge < -0.3 is 10.1 Å². The molecule has 0 radical (unpaired) electrons. The minimum Gasteiger partial charge on any atom is -0.497 e. The SMILES string of the molecule is CCc1ccc([C@@H]2C[C@@H](c3ccc(OC)cc3)Nc3ncnn32)cc1. The highest BCUT2D eigenvalue weighted by atomic mass is 16.5. The second-order valence-electron chi connectivity index (χ2n) is 6.34. The van der Waals surface area contributed by atoms with Crippen LogP contribution in [0.1, 0.15) is 42.1 Å². The fourth-order valence-corrected chi connectivity index (χ4v) is 3.43. The molecule has 1 N–H and O–H groups in total. The minimum atomic E-state index is 0.178. The Hall–Kier alpha value is -2.82. The normalized spacial score (nSPS) is 19.1. The van der Waals surface area contributed by atoms with E-state index in [-0.39, 0.29) is 12.1 Å². The first-order valence-corrected chi connectivity index (χ1v) is 8.67. The molecule has 25 heavy (non-hydrogen) atoms. The molecule has 1 aliphatic heterocycles. The van der Waals surface area contributed by atoms with Crippen LogP contribution >= 0.6 is 0 Å². The lowest BCUT2D eigenvalue weighted by molar-refractivity contribution is 0.413. The molecule has 0 spiro atoms. The Labute approximate surface area is 147 Å². The molecule has 1 aromatic heterocycles. The topological polar surface area (TPSA) is 52.0 Å². The average Bonchev–Trinajstić information content (AvgIpc) is 3.16. The van der Waals surface area contributed by atoms with Crippen LogP contribution in [0.2, 0.25) is 0 Å². The molecule has 0 unspecified atom stereocenters. The Morgan fingerprint density at radius 1 is 1.08 bits per heavy atom. The van der Waals surface area contributed by atoms with E-state index in [0.717, 1.165) is 24.5 Å². The second kappa shape index (κ2) is 6.59. The molecule has 0 bridgehead atoms. The van der Waals surface area contributed by atoms with E-state index in [0.29, 0.717) is 0 Å². The number of aromatic nitrogens is 3. The van der Waals surface area contributed by atoms with Crippen molar-refractivity contribution in [2.45, 2.75) is 31.8 Å². The van der Waals surface area contributed by atoms with Gasteiger partial charge in [-0.05, 0) is 41.7 Å². The molecule has 2 atom stereocenters. The Bertz CT molecular complexity index is 839. The van der Waals surface area contributed by atoms with E-state index in [2.05, 4.69) is 58.7 Å². The monoisotopic (exact) mass is 334 g/mol. The van der Waals surface area contributed by atoms with Gasteiger partial charge in [0.15, 0.2) is 0 Å². The minimum absolute atomic E-state index is 0.178. The van der Waals surface area contributed by atoms with Crippen LogP contribution in [0.5, 0.6) is 5.75 Å². The molecule has 0 saturated heterocycles. The van der Waals surface area contributed by atoms with Crippen molar-refractivity contribution in [3.63, 3.8) is 0 Å². The number of benzene rings is 2. The van der Waals surface area contributed by atoms with E-state index in [1.807, 2.05) is 16.8 Å². The molecule has 0 saturated carbocycles. The van der Waals surface area contributed by atoms with Gasteiger partial charge in [0.05, 0.1) is 19.2 Å². The predicted octanol–water partition coefficient (Wildman–Crippen LogP) is 4.00.